The molecule has 0 spiro atoms. The van der Waals surface area contributed by atoms with E-state index in [1.807, 2.05) is 13.8 Å². The Hall–Kier alpha value is -0.610. The van der Waals surface area contributed by atoms with E-state index in [1.54, 1.807) is 0 Å². The van der Waals surface area contributed by atoms with Crippen LogP contribution in [0.15, 0.2) is 0 Å². The maximum atomic E-state index is 12.1. The number of nitrogens with one attached hydrogen (secondary N) is 2. The first-order valence-electron chi connectivity index (χ1n) is 6.77. The summed E-state index contributed by atoms with van der Waals surface area (Å²) < 4.78 is 0. The van der Waals surface area contributed by atoms with Crippen molar-refractivity contribution < 1.29 is 9.90 Å². The van der Waals surface area contributed by atoms with Crippen LogP contribution in [0.4, 0.5) is 0 Å². The Balaban J connectivity index is 2.50. The van der Waals surface area contributed by atoms with Crippen LogP contribution in [0.2, 0.25) is 0 Å². The topological polar surface area (TPSA) is 61.4 Å². The highest BCUT2D eigenvalue weighted by Gasteiger charge is 2.27. The molecule has 1 amide bonds. The van der Waals surface area contributed by atoms with E-state index in [0.29, 0.717) is 6.42 Å². The Kier molecular flexibility index (Phi) is 5.92. The highest BCUT2D eigenvalue weighted by atomic mass is 16.3. The van der Waals surface area contributed by atoms with Crippen LogP contribution in [0, 0.1) is 0 Å². The number of hydrogen-bond acceptors (Lipinski definition) is 3. The van der Waals surface area contributed by atoms with Crippen LogP contribution in [0.3, 0.4) is 0 Å². The molecule has 1 heterocycles. The van der Waals surface area contributed by atoms with Gasteiger partial charge in [0.25, 0.3) is 0 Å². The summed E-state index contributed by atoms with van der Waals surface area (Å²) in [4.78, 5) is 12.1. The molecule has 0 aromatic heterocycles. The lowest BCUT2D eigenvalue weighted by atomic mass is 9.94. The van der Waals surface area contributed by atoms with Gasteiger partial charge in [-0.2, -0.15) is 0 Å². The third-order valence-electron chi connectivity index (χ3n) is 3.75. The van der Waals surface area contributed by atoms with Crippen LogP contribution in [-0.4, -0.2) is 35.7 Å². The minimum absolute atomic E-state index is 0.0536. The number of aliphatic hydroxyl groups is 1. The Bertz CT molecular complexity index is 238. The molecular formula is C13H26N2O2. The lowest BCUT2D eigenvalue weighted by Gasteiger charge is -2.31. The zero-order chi connectivity index (χ0) is 12.7. The van der Waals surface area contributed by atoms with Gasteiger partial charge in [0, 0.05) is 12.1 Å². The zero-order valence-electron chi connectivity index (χ0n) is 11.1. The largest absolute Gasteiger partial charge is 0.396 e. The number of hydrogen-bond donors (Lipinski definition) is 3. The molecule has 0 bridgehead atoms. The van der Waals surface area contributed by atoms with Crippen molar-refractivity contribution in [2.24, 2.45) is 0 Å². The molecule has 100 valence electrons. The summed E-state index contributed by atoms with van der Waals surface area (Å²) in [6, 6.07) is -0.0536. The van der Waals surface area contributed by atoms with E-state index in [4.69, 9.17) is 5.11 Å². The summed E-state index contributed by atoms with van der Waals surface area (Å²) in [6.07, 6.45) is 5.86. The van der Waals surface area contributed by atoms with Gasteiger partial charge in [0.15, 0.2) is 0 Å². The van der Waals surface area contributed by atoms with Crippen molar-refractivity contribution in [3.63, 3.8) is 0 Å². The van der Waals surface area contributed by atoms with Crippen molar-refractivity contribution in [3.8, 4) is 0 Å². The summed E-state index contributed by atoms with van der Waals surface area (Å²) in [5.41, 5.74) is -0.278. The molecule has 3 N–H and O–H groups in total. The van der Waals surface area contributed by atoms with E-state index < -0.39 is 0 Å². The lowest BCUT2D eigenvalue weighted by molar-refractivity contribution is -0.125. The average molecular weight is 242 g/mol. The van der Waals surface area contributed by atoms with Gasteiger partial charge in [0.05, 0.1) is 6.04 Å². The first-order chi connectivity index (χ1) is 8.11. The minimum atomic E-state index is -0.278. The van der Waals surface area contributed by atoms with E-state index in [9.17, 15) is 4.79 Å². The highest BCUT2D eigenvalue weighted by Crippen LogP contribution is 2.15. The average Bonchev–Trinajstić information content (AvgIpc) is 2.57. The summed E-state index contributed by atoms with van der Waals surface area (Å²) >= 11 is 0. The van der Waals surface area contributed by atoms with E-state index in [2.05, 4.69) is 10.6 Å². The van der Waals surface area contributed by atoms with Crippen LogP contribution >= 0.6 is 0 Å². The van der Waals surface area contributed by atoms with Crippen LogP contribution in [0.1, 0.15) is 52.4 Å². The van der Waals surface area contributed by atoms with Gasteiger partial charge >= 0.3 is 0 Å². The van der Waals surface area contributed by atoms with Gasteiger partial charge in [0.2, 0.25) is 5.91 Å². The smallest absolute Gasteiger partial charge is 0.237 e. The first kappa shape index (κ1) is 14.5. The summed E-state index contributed by atoms with van der Waals surface area (Å²) in [7, 11) is 0. The Labute approximate surface area is 104 Å². The fourth-order valence-electron chi connectivity index (χ4n) is 2.21. The standard InChI is InChI=1S/C13H26N2O2/c1-3-13(2,8-10-16)15-12(17)11-7-5-4-6-9-14-11/h11,14,16H,3-10H2,1-2H3,(H,15,17). The molecule has 1 rings (SSSR count). The fourth-order valence-corrected chi connectivity index (χ4v) is 2.21. The number of carbonyl (C=O) groups is 1. The SMILES string of the molecule is CCC(C)(CCO)NC(=O)C1CCCCCN1. The minimum Gasteiger partial charge on any atom is -0.396 e. The second-order valence-electron chi connectivity index (χ2n) is 5.23. The molecule has 1 fully saturated rings. The lowest BCUT2D eigenvalue weighted by Crippen LogP contribution is -2.53. The first-order valence-corrected chi connectivity index (χ1v) is 6.77. The molecule has 0 aliphatic carbocycles. The second-order valence-corrected chi connectivity index (χ2v) is 5.23. The summed E-state index contributed by atoms with van der Waals surface area (Å²) in [6.45, 7) is 5.08. The van der Waals surface area contributed by atoms with Gasteiger partial charge in [-0.1, -0.05) is 19.8 Å². The van der Waals surface area contributed by atoms with E-state index in [1.165, 1.54) is 6.42 Å². The predicted molar refractivity (Wildman–Crippen MR) is 68.8 cm³/mol. The number of aliphatic hydroxyl groups excluding tert-OH is 1. The number of amides is 1. The summed E-state index contributed by atoms with van der Waals surface area (Å²) in [5, 5.41) is 15.4. The second kappa shape index (κ2) is 6.97. The highest BCUT2D eigenvalue weighted by molar-refractivity contribution is 5.82. The maximum Gasteiger partial charge on any atom is 0.237 e. The number of carbonyl (C=O) groups excluding carboxylic acids is 1. The molecule has 0 aromatic carbocycles. The van der Waals surface area contributed by atoms with E-state index in [-0.39, 0.29) is 24.1 Å². The van der Waals surface area contributed by atoms with Gasteiger partial charge in [-0.25, -0.2) is 0 Å². The zero-order valence-corrected chi connectivity index (χ0v) is 11.1. The maximum absolute atomic E-state index is 12.1. The molecule has 1 saturated heterocycles. The Morgan fingerprint density at radius 2 is 2.24 bits per heavy atom. The van der Waals surface area contributed by atoms with Crippen molar-refractivity contribution in [2.75, 3.05) is 13.2 Å². The molecule has 2 unspecified atom stereocenters. The van der Waals surface area contributed by atoms with Gasteiger partial charge in [-0.3, -0.25) is 4.79 Å². The Morgan fingerprint density at radius 3 is 2.88 bits per heavy atom. The quantitative estimate of drug-likeness (QED) is 0.678. The van der Waals surface area contributed by atoms with Gasteiger partial charge in [-0.05, 0) is 39.2 Å². The predicted octanol–water partition coefficient (Wildman–Crippen LogP) is 1.19. The third-order valence-corrected chi connectivity index (χ3v) is 3.75. The van der Waals surface area contributed by atoms with Gasteiger partial charge < -0.3 is 15.7 Å². The molecule has 0 radical (unpaired) electrons. The van der Waals surface area contributed by atoms with Crippen molar-refractivity contribution in [3.05, 3.63) is 0 Å². The number of rotatable bonds is 5. The van der Waals surface area contributed by atoms with E-state index >= 15 is 0 Å². The molecule has 0 aromatic rings. The normalized spacial score (nSPS) is 24.8. The van der Waals surface area contributed by atoms with Crippen LogP contribution in [0.25, 0.3) is 0 Å². The molecule has 1 aliphatic rings. The van der Waals surface area contributed by atoms with E-state index in [0.717, 1.165) is 32.2 Å². The molecule has 2 atom stereocenters. The van der Waals surface area contributed by atoms with Gasteiger partial charge in [0.1, 0.15) is 0 Å². The van der Waals surface area contributed by atoms with Crippen molar-refractivity contribution in [1.82, 2.24) is 10.6 Å². The monoisotopic (exact) mass is 242 g/mol. The molecule has 0 saturated carbocycles. The van der Waals surface area contributed by atoms with Crippen LogP contribution < -0.4 is 10.6 Å². The van der Waals surface area contributed by atoms with Crippen molar-refractivity contribution in [2.45, 2.75) is 64.0 Å². The Morgan fingerprint density at radius 1 is 1.47 bits per heavy atom. The van der Waals surface area contributed by atoms with Crippen LogP contribution in [-0.2, 0) is 4.79 Å². The molecule has 1 aliphatic heterocycles. The van der Waals surface area contributed by atoms with Crippen LogP contribution in [0.5, 0.6) is 0 Å². The van der Waals surface area contributed by atoms with Crippen molar-refractivity contribution >= 4 is 5.91 Å². The molecule has 4 heteroatoms. The fraction of sp³-hybridized carbons (Fsp3) is 0.923. The molecule has 17 heavy (non-hydrogen) atoms. The van der Waals surface area contributed by atoms with Gasteiger partial charge in [-0.15, -0.1) is 0 Å². The third kappa shape index (κ3) is 4.64. The molecule has 4 nitrogen and oxygen atoms in total. The summed E-state index contributed by atoms with van der Waals surface area (Å²) in [5.74, 6) is 0.0877. The molecular weight excluding hydrogens is 216 g/mol. The van der Waals surface area contributed by atoms with Crippen molar-refractivity contribution in [1.29, 1.82) is 0 Å².